The number of ether oxygens (including phenoxy) is 1. The molecule has 0 bridgehead atoms. The van der Waals surface area contributed by atoms with E-state index in [1.165, 1.54) is 18.9 Å². The smallest absolute Gasteiger partial charge is 0.244 e. The molecule has 1 atom stereocenters. The zero-order valence-corrected chi connectivity index (χ0v) is 13.5. The molecule has 5 heteroatoms. The average Bonchev–Trinajstić information content (AvgIpc) is 3.29. The fraction of sp³-hybridized carbons (Fsp3) is 0.471. The Morgan fingerprint density at radius 1 is 1.50 bits per heavy atom. The van der Waals surface area contributed by atoms with Crippen LogP contribution in [0.4, 0.5) is 0 Å². The lowest BCUT2D eigenvalue weighted by Gasteiger charge is -2.11. The van der Waals surface area contributed by atoms with Gasteiger partial charge in [0.15, 0.2) is 0 Å². The summed E-state index contributed by atoms with van der Waals surface area (Å²) in [6.07, 6.45) is 3.24. The van der Waals surface area contributed by atoms with Gasteiger partial charge in [-0.15, -0.1) is 0 Å². The van der Waals surface area contributed by atoms with E-state index in [9.17, 15) is 9.90 Å². The van der Waals surface area contributed by atoms with Crippen LogP contribution in [0.15, 0.2) is 30.3 Å². The van der Waals surface area contributed by atoms with Crippen LogP contribution in [0.25, 0.3) is 5.57 Å². The molecule has 2 N–H and O–H groups in total. The van der Waals surface area contributed by atoms with Crippen molar-refractivity contribution in [2.75, 3.05) is 19.8 Å². The number of amides is 1. The highest BCUT2D eigenvalue weighted by molar-refractivity contribution is 6.32. The van der Waals surface area contributed by atoms with E-state index in [0.29, 0.717) is 17.5 Å². The van der Waals surface area contributed by atoms with Crippen molar-refractivity contribution in [1.82, 2.24) is 5.32 Å². The Morgan fingerprint density at radius 2 is 2.23 bits per heavy atom. The highest BCUT2D eigenvalue weighted by Crippen LogP contribution is 2.28. The topological polar surface area (TPSA) is 58.6 Å². The second-order valence-electron chi connectivity index (χ2n) is 5.69. The maximum absolute atomic E-state index is 11.9. The Labute approximate surface area is 136 Å². The summed E-state index contributed by atoms with van der Waals surface area (Å²) >= 11 is 6.09. The minimum absolute atomic E-state index is 0.176. The molecule has 0 heterocycles. The molecule has 1 aliphatic carbocycles. The third kappa shape index (κ3) is 5.79. The summed E-state index contributed by atoms with van der Waals surface area (Å²) < 4.78 is 5.38. The van der Waals surface area contributed by atoms with Crippen LogP contribution in [-0.2, 0) is 9.53 Å². The number of aliphatic hydroxyl groups is 1. The van der Waals surface area contributed by atoms with Crippen LogP contribution in [0.5, 0.6) is 0 Å². The molecular weight excluding hydrogens is 302 g/mol. The summed E-state index contributed by atoms with van der Waals surface area (Å²) in [4.78, 5) is 11.9. The predicted octanol–water partition coefficient (Wildman–Crippen LogP) is 2.65. The lowest BCUT2D eigenvalue weighted by Crippen LogP contribution is -2.33. The normalized spacial score (nSPS) is 16.4. The van der Waals surface area contributed by atoms with Crippen molar-refractivity contribution >= 4 is 23.1 Å². The van der Waals surface area contributed by atoms with Crippen LogP contribution < -0.4 is 5.32 Å². The van der Waals surface area contributed by atoms with Gasteiger partial charge in [0, 0.05) is 24.3 Å². The monoisotopic (exact) mass is 323 g/mol. The lowest BCUT2D eigenvalue weighted by molar-refractivity contribution is -0.117. The van der Waals surface area contributed by atoms with Crippen molar-refractivity contribution in [2.24, 2.45) is 5.92 Å². The van der Waals surface area contributed by atoms with Gasteiger partial charge < -0.3 is 15.2 Å². The number of hydrogen-bond donors (Lipinski definition) is 2. The molecule has 0 aliphatic heterocycles. The molecular formula is C17H22ClNO3. The number of nitrogens with one attached hydrogen (secondary N) is 1. The molecule has 22 heavy (non-hydrogen) atoms. The number of carbonyl (C=O) groups excluding carboxylic acids is 1. The fourth-order valence-electron chi connectivity index (χ4n) is 2.04. The minimum Gasteiger partial charge on any atom is -0.389 e. The van der Waals surface area contributed by atoms with Crippen LogP contribution in [0.3, 0.4) is 0 Å². The van der Waals surface area contributed by atoms with Crippen LogP contribution in [-0.4, -0.2) is 36.9 Å². The molecule has 1 aliphatic rings. The first-order valence-corrected chi connectivity index (χ1v) is 7.91. The molecule has 120 valence electrons. The number of hydrogen-bond acceptors (Lipinski definition) is 3. The van der Waals surface area contributed by atoms with E-state index in [2.05, 4.69) is 5.32 Å². The second-order valence-corrected chi connectivity index (χ2v) is 6.09. The van der Waals surface area contributed by atoms with Crippen molar-refractivity contribution in [3.63, 3.8) is 0 Å². The Hall–Kier alpha value is -1.36. The number of allylic oxidation sites excluding steroid dienone is 1. The van der Waals surface area contributed by atoms with Crippen LogP contribution in [0.2, 0.25) is 5.02 Å². The van der Waals surface area contributed by atoms with Gasteiger partial charge in [-0.3, -0.25) is 4.79 Å². The van der Waals surface area contributed by atoms with Gasteiger partial charge in [0.25, 0.3) is 0 Å². The summed E-state index contributed by atoms with van der Waals surface area (Å²) in [6, 6.07) is 7.36. The number of benzene rings is 1. The standard InChI is InChI=1S/C17H22ClNO3/c1-12(15-4-2-3-5-16(15)18)8-17(21)19-9-14(20)11-22-10-13-6-7-13/h2-5,8,13-14,20H,6-7,9-11H2,1H3,(H,19,21). The summed E-state index contributed by atoms with van der Waals surface area (Å²) in [7, 11) is 0. The summed E-state index contributed by atoms with van der Waals surface area (Å²) in [6.45, 7) is 2.96. The zero-order valence-electron chi connectivity index (χ0n) is 12.7. The molecule has 0 radical (unpaired) electrons. The zero-order chi connectivity index (χ0) is 15.9. The molecule has 1 aromatic carbocycles. The van der Waals surface area contributed by atoms with E-state index >= 15 is 0 Å². The van der Waals surface area contributed by atoms with Crippen molar-refractivity contribution in [3.8, 4) is 0 Å². The van der Waals surface area contributed by atoms with Gasteiger partial charge in [0.1, 0.15) is 0 Å². The van der Waals surface area contributed by atoms with Gasteiger partial charge in [-0.2, -0.15) is 0 Å². The van der Waals surface area contributed by atoms with E-state index in [-0.39, 0.29) is 19.1 Å². The van der Waals surface area contributed by atoms with Crippen molar-refractivity contribution < 1.29 is 14.6 Å². The van der Waals surface area contributed by atoms with Crippen LogP contribution >= 0.6 is 11.6 Å². The minimum atomic E-state index is -0.684. The quantitative estimate of drug-likeness (QED) is 0.723. The molecule has 1 unspecified atom stereocenters. The van der Waals surface area contributed by atoms with Crippen molar-refractivity contribution in [3.05, 3.63) is 40.9 Å². The second kappa shape index (κ2) is 8.32. The Kier molecular flexibility index (Phi) is 6.43. The molecule has 2 rings (SSSR count). The van der Waals surface area contributed by atoms with E-state index in [4.69, 9.17) is 16.3 Å². The highest BCUT2D eigenvalue weighted by Gasteiger charge is 2.21. The molecule has 4 nitrogen and oxygen atoms in total. The largest absolute Gasteiger partial charge is 0.389 e. The number of carbonyl (C=O) groups is 1. The molecule has 0 aromatic heterocycles. The lowest BCUT2D eigenvalue weighted by atomic mass is 10.1. The fourth-order valence-corrected chi connectivity index (χ4v) is 2.32. The number of halogens is 1. The predicted molar refractivity (Wildman–Crippen MR) is 87.7 cm³/mol. The summed E-state index contributed by atoms with van der Waals surface area (Å²) in [5.74, 6) is 0.418. The van der Waals surface area contributed by atoms with Crippen LogP contribution in [0, 0.1) is 5.92 Å². The van der Waals surface area contributed by atoms with E-state index in [1.54, 1.807) is 6.07 Å². The highest BCUT2D eigenvalue weighted by atomic mass is 35.5. The molecule has 1 fully saturated rings. The van der Waals surface area contributed by atoms with Gasteiger partial charge in [0.05, 0.1) is 12.7 Å². The van der Waals surface area contributed by atoms with Gasteiger partial charge in [-0.25, -0.2) is 0 Å². The van der Waals surface area contributed by atoms with Gasteiger partial charge >= 0.3 is 0 Å². The third-order valence-electron chi connectivity index (χ3n) is 3.52. The number of rotatable bonds is 8. The van der Waals surface area contributed by atoms with E-state index < -0.39 is 6.10 Å². The first-order valence-electron chi connectivity index (χ1n) is 7.53. The Bertz CT molecular complexity index is 540. The van der Waals surface area contributed by atoms with E-state index in [1.807, 2.05) is 25.1 Å². The Morgan fingerprint density at radius 3 is 2.91 bits per heavy atom. The van der Waals surface area contributed by atoms with Crippen LogP contribution in [0.1, 0.15) is 25.3 Å². The molecule has 1 saturated carbocycles. The van der Waals surface area contributed by atoms with E-state index in [0.717, 1.165) is 11.1 Å². The summed E-state index contributed by atoms with van der Waals surface area (Å²) in [5, 5.41) is 13.0. The van der Waals surface area contributed by atoms with Gasteiger partial charge in [-0.05, 0) is 42.9 Å². The molecule has 1 aromatic rings. The molecule has 1 amide bonds. The molecule has 0 saturated heterocycles. The first kappa shape index (κ1) is 17.0. The Balaban J connectivity index is 1.74. The molecule has 0 spiro atoms. The average molecular weight is 324 g/mol. The number of aliphatic hydroxyl groups excluding tert-OH is 1. The van der Waals surface area contributed by atoms with Gasteiger partial charge in [0.2, 0.25) is 5.91 Å². The van der Waals surface area contributed by atoms with Crippen molar-refractivity contribution in [2.45, 2.75) is 25.9 Å². The maximum Gasteiger partial charge on any atom is 0.244 e. The van der Waals surface area contributed by atoms with Crippen molar-refractivity contribution in [1.29, 1.82) is 0 Å². The first-order chi connectivity index (χ1) is 10.6. The maximum atomic E-state index is 11.9. The SMILES string of the molecule is CC(=CC(=O)NCC(O)COCC1CC1)c1ccccc1Cl. The third-order valence-corrected chi connectivity index (χ3v) is 3.85. The van der Waals surface area contributed by atoms with Gasteiger partial charge in [-0.1, -0.05) is 29.8 Å². The summed E-state index contributed by atoms with van der Waals surface area (Å²) in [5.41, 5.74) is 1.61.